The molecule has 0 spiro atoms. The number of rotatable bonds is 7. The van der Waals surface area contributed by atoms with Gasteiger partial charge in [-0.1, -0.05) is 51.8 Å². The average molecular weight is 601 g/mol. The molecule has 1 fully saturated rings. The molecule has 7 nitrogen and oxygen atoms in total. The maximum absolute atomic E-state index is 12.9. The first-order chi connectivity index (χ1) is 18.2. The van der Waals surface area contributed by atoms with Gasteiger partial charge in [-0.05, 0) is 61.9 Å². The van der Waals surface area contributed by atoms with Gasteiger partial charge in [0.2, 0.25) is 0 Å². The molecule has 0 radical (unpaired) electrons. The quantitative estimate of drug-likeness (QED) is 0.337. The number of nitrogens with zero attached hydrogens (tertiary/aromatic N) is 2. The van der Waals surface area contributed by atoms with Gasteiger partial charge in [-0.25, -0.2) is 4.79 Å². The highest BCUT2D eigenvalue weighted by molar-refractivity contribution is 9.10. The van der Waals surface area contributed by atoms with Crippen LogP contribution < -0.4 is 10.1 Å². The van der Waals surface area contributed by atoms with E-state index in [4.69, 9.17) is 21.1 Å². The molecule has 1 aliphatic rings. The minimum atomic E-state index is -0.224. The summed E-state index contributed by atoms with van der Waals surface area (Å²) in [4.78, 5) is 29.1. The van der Waals surface area contributed by atoms with Crippen LogP contribution in [0.3, 0.4) is 0 Å². The zero-order valence-electron chi connectivity index (χ0n) is 21.6. The number of benzene rings is 3. The molecule has 0 aliphatic carbocycles. The van der Waals surface area contributed by atoms with Crippen LogP contribution in [0.2, 0.25) is 5.02 Å². The fourth-order valence-corrected chi connectivity index (χ4v) is 4.86. The third-order valence-electron chi connectivity index (χ3n) is 6.16. The van der Waals surface area contributed by atoms with Gasteiger partial charge in [0.05, 0.1) is 18.8 Å². The third-order valence-corrected chi connectivity index (χ3v) is 6.89. The van der Waals surface area contributed by atoms with Crippen LogP contribution in [0.5, 0.6) is 11.5 Å². The Balaban J connectivity index is 1.33. The maximum atomic E-state index is 12.9. The lowest BCUT2D eigenvalue weighted by Crippen LogP contribution is -2.48. The summed E-state index contributed by atoms with van der Waals surface area (Å²) in [5, 5.41) is 3.52. The van der Waals surface area contributed by atoms with Crippen molar-refractivity contribution in [2.75, 3.05) is 20.1 Å². The number of halogens is 2. The van der Waals surface area contributed by atoms with E-state index in [1.165, 1.54) is 0 Å². The van der Waals surface area contributed by atoms with Crippen molar-refractivity contribution >= 4 is 39.5 Å². The Labute approximate surface area is 236 Å². The van der Waals surface area contributed by atoms with Crippen LogP contribution in [0.4, 0.5) is 4.79 Å². The Morgan fingerprint density at radius 3 is 2.47 bits per heavy atom. The van der Waals surface area contributed by atoms with Gasteiger partial charge in [-0.3, -0.25) is 4.79 Å². The minimum absolute atomic E-state index is 0.00684. The van der Waals surface area contributed by atoms with Gasteiger partial charge in [-0.2, -0.15) is 0 Å². The summed E-state index contributed by atoms with van der Waals surface area (Å²) in [7, 11) is 1.73. The Morgan fingerprint density at radius 2 is 1.79 bits per heavy atom. The van der Waals surface area contributed by atoms with Crippen molar-refractivity contribution in [2.24, 2.45) is 0 Å². The zero-order chi connectivity index (χ0) is 27.2. The molecule has 9 heteroatoms. The van der Waals surface area contributed by atoms with E-state index in [1.54, 1.807) is 36.2 Å². The Hall–Kier alpha value is -3.07. The normalized spacial score (nSPS) is 17.1. The summed E-state index contributed by atoms with van der Waals surface area (Å²) < 4.78 is 12.6. The summed E-state index contributed by atoms with van der Waals surface area (Å²) >= 11 is 9.57. The number of nitrogens with one attached hydrogen (secondary N) is 1. The van der Waals surface area contributed by atoms with Gasteiger partial charge in [0.1, 0.15) is 11.5 Å². The highest BCUT2D eigenvalue weighted by Crippen LogP contribution is 2.30. The molecule has 0 aromatic heterocycles. The van der Waals surface area contributed by atoms with E-state index in [0.29, 0.717) is 48.3 Å². The van der Waals surface area contributed by atoms with E-state index in [-0.39, 0.29) is 24.1 Å². The van der Waals surface area contributed by atoms with Crippen molar-refractivity contribution in [3.8, 4) is 11.5 Å². The Bertz CT molecular complexity index is 1280. The Morgan fingerprint density at radius 1 is 1.08 bits per heavy atom. The molecule has 1 aliphatic heterocycles. The molecule has 4 rings (SSSR count). The summed E-state index contributed by atoms with van der Waals surface area (Å²) in [5.74, 6) is 1.24. The number of carbonyl (C=O) groups is 2. The average Bonchev–Trinajstić information content (AvgIpc) is 2.88. The minimum Gasteiger partial charge on any atom is -0.457 e. The number of urea groups is 1. The summed E-state index contributed by atoms with van der Waals surface area (Å²) in [6.45, 7) is 5.80. The molecule has 3 aromatic rings. The molecule has 2 atom stereocenters. The smallest absolute Gasteiger partial charge is 0.317 e. The topological polar surface area (TPSA) is 71.1 Å². The molecule has 3 amide bonds. The third kappa shape index (κ3) is 7.49. The van der Waals surface area contributed by atoms with Gasteiger partial charge < -0.3 is 24.6 Å². The van der Waals surface area contributed by atoms with Crippen LogP contribution in [0.25, 0.3) is 0 Å². The standard InChI is InChI=1S/C29H31BrClN3O4/c1-19-16-34(17-20(2)37-19)28(35)22-9-7-21(8-10-22)15-32-29(36)33(3)18-23-11-12-24(30)13-27(23)38-26-6-4-5-25(31)14-26/h4-14,19-20H,15-18H2,1-3H3,(H,32,36). The van der Waals surface area contributed by atoms with Crippen LogP contribution in [-0.2, 0) is 17.8 Å². The molecular weight excluding hydrogens is 570 g/mol. The summed E-state index contributed by atoms with van der Waals surface area (Å²) in [6.07, 6.45) is 0.0390. The van der Waals surface area contributed by atoms with Crippen molar-refractivity contribution in [3.05, 3.63) is 92.9 Å². The first-order valence-corrected chi connectivity index (χ1v) is 13.6. The SMILES string of the molecule is CC1CN(C(=O)c2ccc(CNC(=O)N(C)Cc3ccc(Br)cc3Oc3cccc(Cl)c3)cc2)CC(C)O1. The van der Waals surface area contributed by atoms with E-state index in [0.717, 1.165) is 15.6 Å². The van der Waals surface area contributed by atoms with Crippen molar-refractivity contribution in [2.45, 2.75) is 39.1 Å². The molecule has 1 heterocycles. The number of hydrogen-bond donors (Lipinski definition) is 1. The number of ether oxygens (including phenoxy) is 2. The lowest BCUT2D eigenvalue weighted by atomic mass is 10.1. The predicted octanol–water partition coefficient (Wildman–Crippen LogP) is 6.49. The van der Waals surface area contributed by atoms with Crippen LogP contribution in [-0.4, -0.2) is 54.1 Å². The van der Waals surface area contributed by atoms with Crippen LogP contribution in [0.1, 0.15) is 35.3 Å². The molecule has 0 saturated carbocycles. The molecule has 1 N–H and O–H groups in total. The zero-order valence-corrected chi connectivity index (χ0v) is 24.0. The van der Waals surface area contributed by atoms with Gasteiger partial charge in [0, 0.05) is 47.3 Å². The molecule has 200 valence electrons. The van der Waals surface area contributed by atoms with Gasteiger partial charge in [-0.15, -0.1) is 0 Å². The second-order valence-corrected chi connectivity index (χ2v) is 10.8. The van der Waals surface area contributed by atoms with Crippen LogP contribution in [0, 0.1) is 0 Å². The van der Waals surface area contributed by atoms with Crippen molar-refractivity contribution in [3.63, 3.8) is 0 Å². The maximum Gasteiger partial charge on any atom is 0.317 e. The fraction of sp³-hybridized carbons (Fsp3) is 0.310. The van der Waals surface area contributed by atoms with Crippen molar-refractivity contribution < 1.29 is 19.1 Å². The van der Waals surface area contributed by atoms with E-state index >= 15 is 0 Å². The van der Waals surface area contributed by atoms with Crippen LogP contribution >= 0.6 is 27.5 Å². The molecule has 3 aromatic carbocycles. The molecule has 38 heavy (non-hydrogen) atoms. The van der Waals surface area contributed by atoms with Gasteiger partial charge in [0.25, 0.3) is 5.91 Å². The lowest BCUT2D eigenvalue weighted by molar-refractivity contribution is -0.0586. The van der Waals surface area contributed by atoms with Crippen molar-refractivity contribution in [1.82, 2.24) is 15.1 Å². The molecule has 2 unspecified atom stereocenters. The first kappa shape index (κ1) is 28.0. The molecule has 1 saturated heterocycles. The van der Waals surface area contributed by atoms with Gasteiger partial charge in [0.15, 0.2) is 0 Å². The Kier molecular flexibility index (Phi) is 9.31. The monoisotopic (exact) mass is 599 g/mol. The van der Waals surface area contributed by atoms with E-state index in [2.05, 4.69) is 21.2 Å². The van der Waals surface area contributed by atoms with Crippen LogP contribution in [0.15, 0.2) is 71.2 Å². The second-order valence-electron chi connectivity index (χ2n) is 9.49. The van der Waals surface area contributed by atoms with E-state index < -0.39 is 0 Å². The largest absolute Gasteiger partial charge is 0.457 e. The second kappa shape index (κ2) is 12.7. The number of hydrogen-bond acceptors (Lipinski definition) is 4. The number of carbonyl (C=O) groups excluding carboxylic acids is 2. The molecular formula is C29H31BrClN3O4. The summed E-state index contributed by atoms with van der Waals surface area (Å²) in [6, 6.07) is 20.0. The highest BCUT2D eigenvalue weighted by atomic mass is 79.9. The first-order valence-electron chi connectivity index (χ1n) is 12.4. The number of morpholine rings is 1. The number of amides is 3. The summed E-state index contributed by atoms with van der Waals surface area (Å²) in [5.41, 5.74) is 2.38. The van der Waals surface area contributed by atoms with Gasteiger partial charge >= 0.3 is 6.03 Å². The fourth-order valence-electron chi connectivity index (χ4n) is 4.34. The van der Waals surface area contributed by atoms with Crippen molar-refractivity contribution in [1.29, 1.82) is 0 Å². The highest BCUT2D eigenvalue weighted by Gasteiger charge is 2.26. The molecule has 0 bridgehead atoms. The van der Waals surface area contributed by atoms with E-state index in [9.17, 15) is 9.59 Å². The predicted molar refractivity (Wildman–Crippen MR) is 152 cm³/mol. The van der Waals surface area contributed by atoms with E-state index in [1.807, 2.05) is 61.2 Å². The lowest BCUT2D eigenvalue weighted by Gasteiger charge is -2.35.